The summed E-state index contributed by atoms with van der Waals surface area (Å²) in [7, 11) is 0. The van der Waals surface area contributed by atoms with Gasteiger partial charge in [-0.05, 0) is 28.8 Å². The van der Waals surface area contributed by atoms with Crippen molar-refractivity contribution in [2.75, 3.05) is 0 Å². The third kappa shape index (κ3) is 2.89. The third-order valence-electron chi connectivity index (χ3n) is 3.35. The molecule has 3 rings (SSSR count). The lowest BCUT2D eigenvalue weighted by Crippen LogP contribution is -2.02. The molecular weight excluding hydrogens is 267 g/mol. The highest BCUT2D eigenvalue weighted by molar-refractivity contribution is 5.71. The number of benzene rings is 2. The van der Waals surface area contributed by atoms with E-state index in [9.17, 15) is 9.18 Å². The minimum atomic E-state index is -0.239. The van der Waals surface area contributed by atoms with E-state index in [4.69, 9.17) is 0 Å². The number of imidazole rings is 1. The Morgan fingerprint density at radius 3 is 2.24 bits per heavy atom. The summed E-state index contributed by atoms with van der Waals surface area (Å²) in [4.78, 5) is 14.8. The minimum Gasteiger partial charge on any atom is -0.324 e. The van der Waals surface area contributed by atoms with Crippen molar-refractivity contribution in [2.24, 2.45) is 0 Å². The Labute approximate surface area is 121 Å². The first-order valence-corrected chi connectivity index (χ1v) is 6.56. The van der Waals surface area contributed by atoms with Gasteiger partial charge in [0.05, 0.1) is 12.5 Å². The Hall–Kier alpha value is -2.75. The molecule has 4 heteroatoms. The van der Waals surface area contributed by atoms with Gasteiger partial charge in [-0.1, -0.05) is 36.4 Å². The molecule has 0 radical (unpaired) electrons. The summed E-state index contributed by atoms with van der Waals surface area (Å²) in [6.45, 7) is 0.595. The van der Waals surface area contributed by atoms with Gasteiger partial charge in [-0.15, -0.1) is 0 Å². The molecule has 2 aromatic carbocycles. The molecule has 0 N–H and O–H groups in total. The van der Waals surface area contributed by atoms with Crippen LogP contribution in [0.4, 0.5) is 4.39 Å². The van der Waals surface area contributed by atoms with Gasteiger partial charge >= 0.3 is 0 Å². The van der Waals surface area contributed by atoms with Crippen molar-refractivity contribution in [3.63, 3.8) is 0 Å². The average Bonchev–Trinajstić information content (AvgIpc) is 2.96. The highest BCUT2D eigenvalue weighted by Crippen LogP contribution is 2.20. The van der Waals surface area contributed by atoms with Gasteiger partial charge in [0.25, 0.3) is 0 Å². The number of rotatable bonds is 4. The first kappa shape index (κ1) is 13.2. The SMILES string of the molecule is O=Cc1cncn1Cc1ccc(-c2ccc(F)cc2)cc1. The van der Waals surface area contributed by atoms with Crippen LogP contribution in [0, 0.1) is 5.82 Å². The summed E-state index contributed by atoms with van der Waals surface area (Å²) < 4.78 is 14.7. The van der Waals surface area contributed by atoms with Gasteiger partial charge in [-0.25, -0.2) is 9.37 Å². The largest absolute Gasteiger partial charge is 0.324 e. The molecule has 0 saturated carbocycles. The van der Waals surface area contributed by atoms with Crippen molar-refractivity contribution in [3.05, 3.63) is 78.1 Å². The van der Waals surface area contributed by atoms with E-state index in [2.05, 4.69) is 4.98 Å². The molecule has 0 aliphatic rings. The maximum atomic E-state index is 12.9. The van der Waals surface area contributed by atoms with Crippen molar-refractivity contribution >= 4 is 6.29 Å². The first-order chi connectivity index (χ1) is 10.3. The number of nitrogens with zero attached hydrogens (tertiary/aromatic N) is 2. The Kier molecular flexibility index (Phi) is 3.60. The number of aromatic nitrogens is 2. The summed E-state index contributed by atoms with van der Waals surface area (Å²) in [6.07, 6.45) is 3.97. The molecule has 1 aromatic heterocycles. The van der Waals surface area contributed by atoms with Crippen LogP contribution in [-0.4, -0.2) is 15.8 Å². The van der Waals surface area contributed by atoms with Gasteiger partial charge < -0.3 is 4.57 Å². The Bertz CT molecular complexity index is 745. The van der Waals surface area contributed by atoms with Gasteiger partial charge in [0.15, 0.2) is 6.29 Å². The predicted molar refractivity (Wildman–Crippen MR) is 78.6 cm³/mol. The van der Waals surface area contributed by atoms with E-state index in [1.54, 1.807) is 29.2 Å². The third-order valence-corrected chi connectivity index (χ3v) is 3.35. The van der Waals surface area contributed by atoms with Gasteiger partial charge in [-0.2, -0.15) is 0 Å². The van der Waals surface area contributed by atoms with E-state index in [0.717, 1.165) is 23.0 Å². The van der Waals surface area contributed by atoms with Crippen LogP contribution in [0.1, 0.15) is 16.1 Å². The summed E-state index contributed by atoms with van der Waals surface area (Å²) in [6, 6.07) is 14.4. The minimum absolute atomic E-state index is 0.239. The number of carbonyl (C=O) groups excluding carboxylic acids is 1. The molecule has 0 spiro atoms. The molecule has 0 fully saturated rings. The summed E-state index contributed by atoms with van der Waals surface area (Å²) in [5.74, 6) is -0.239. The molecule has 1 heterocycles. The lowest BCUT2D eigenvalue weighted by atomic mass is 10.0. The first-order valence-electron chi connectivity index (χ1n) is 6.56. The Morgan fingerprint density at radius 1 is 1.00 bits per heavy atom. The summed E-state index contributed by atoms with van der Waals surface area (Å²) in [5, 5.41) is 0. The van der Waals surface area contributed by atoms with Gasteiger partial charge in [0.1, 0.15) is 11.5 Å². The molecule has 3 nitrogen and oxygen atoms in total. The summed E-state index contributed by atoms with van der Waals surface area (Å²) >= 11 is 0. The highest BCUT2D eigenvalue weighted by Gasteiger charge is 2.03. The van der Waals surface area contributed by atoms with E-state index in [1.165, 1.54) is 12.1 Å². The van der Waals surface area contributed by atoms with E-state index in [-0.39, 0.29) is 5.82 Å². The van der Waals surface area contributed by atoms with Crippen LogP contribution in [0.2, 0.25) is 0 Å². The Morgan fingerprint density at radius 2 is 1.62 bits per heavy atom. The number of carbonyl (C=O) groups is 1. The molecule has 0 atom stereocenters. The van der Waals surface area contributed by atoms with Crippen LogP contribution >= 0.6 is 0 Å². The Balaban J connectivity index is 1.81. The maximum absolute atomic E-state index is 12.9. The molecule has 0 bridgehead atoms. The fraction of sp³-hybridized carbons (Fsp3) is 0.0588. The quantitative estimate of drug-likeness (QED) is 0.685. The smallest absolute Gasteiger partial charge is 0.168 e. The number of hydrogen-bond acceptors (Lipinski definition) is 2. The molecule has 0 amide bonds. The van der Waals surface area contributed by atoms with E-state index >= 15 is 0 Å². The molecular formula is C17H13FN2O. The molecule has 0 aliphatic carbocycles. The van der Waals surface area contributed by atoms with Gasteiger partial charge in [0.2, 0.25) is 0 Å². The fourth-order valence-electron chi connectivity index (χ4n) is 2.20. The molecule has 21 heavy (non-hydrogen) atoms. The lowest BCUT2D eigenvalue weighted by molar-refractivity contribution is 0.111. The van der Waals surface area contributed by atoms with E-state index in [1.807, 2.05) is 24.3 Å². The number of halogens is 1. The monoisotopic (exact) mass is 280 g/mol. The van der Waals surface area contributed by atoms with E-state index < -0.39 is 0 Å². The second kappa shape index (κ2) is 5.71. The van der Waals surface area contributed by atoms with Gasteiger partial charge in [0, 0.05) is 6.54 Å². The lowest BCUT2D eigenvalue weighted by Gasteiger charge is -2.06. The normalized spacial score (nSPS) is 10.5. The van der Waals surface area contributed by atoms with Crippen molar-refractivity contribution in [2.45, 2.75) is 6.54 Å². The zero-order valence-electron chi connectivity index (χ0n) is 11.2. The van der Waals surface area contributed by atoms with E-state index in [0.29, 0.717) is 12.2 Å². The standard InChI is InChI=1S/C17H13FN2O/c18-16-7-5-15(6-8-16)14-3-1-13(2-4-14)10-20-12-19-9-17(20)11-21/h1-9,11-12H,10H2. The van der Waals surface area contributed by atoms with Crippen LogP contribution in [0.25, 0.3) is 11.1 Å². The predicted octanol–water partition coefficient (Wildman–Crippen LogP) is 3.55. The summed E-state index contributed by atoms with van der Waals surface area (Å²) in [5.41, 5.74) is 3.62. The van der Waals surface area contributed by atoms with Gasteiger partial charge in [-0.3, -0.25) is 4.79 Å². The zero-order valence-corrected chi connectivity index (χ0v) is 11.2. The zero-order chi connectivity index (χ0) is 14.7. The molecule has 0 unspecified atom stereocenters. The molecule has 3 aromatic rings. The van der Waals surface area contributed by atoms with Crippen molar-refractivity contribution in [1.82, 2.24) is 9.55 Å². The average molecular weight is 280 g/mol. The molecule has 104 valence electrons. The maximum Gasteiger partial charge on any atom is 0.168 e. The van der Waals surface area contributed by atoms with Crippen LogP contribution in [0.5, 0.6) is 0 Å². The topological polar surface area (TPSA) is 34.9 Å². The van der Waals surface area contributed by atoms with Crippen molar-refractivity contribution in [3.8, 4) is 11.1 Å². The fourth-order valence-corrected chi connectivity index (χ4v) is 2.20. The number of aldehydes is 1. The van der Waals surface area contributed by atoms with Crippen molar-refractivity contribution < 1.29 is 9.18 Å². The second-order valence-corrected chi connectivity index (χ2v) is 4.77. The highest BCUT2D eigenvalue weighted by atomic mass is 19.1. The van der Waals surface area contributed by atoms with Crippen LogP contribution in [0.3, 0.4) is 0 Å². The second-order valence-electron chi connectivity index (χ2n) is 4.77. The number of hydrogen-bond donors (Lipinski definition) is 0. The van der Waals surface area contributed by atoms with Crippen LogP contribution in [0.15, 0.2) is 61.1 Å². The molecule has 0 saturated heterocycles. The van der Waals surface area contributed by atoms with Crippen molar-refractivity contribution in [1.29, 1.82) is 0 Å². The molecule has 0 aliphatic heterocycles. The van der Waals surface area contributed by atoms with Crippen LogP contribution in [-0.2, 0) is 6.54 Å². The van der Waals surface area contributed by atoms with Crippen LogP contribution < -0.4 is 0 Å².